The molecule has 0 bridgehead atoms. The molecule has 3 aromatic rings. The molecule has 0 radical (unpaired) electrons. The number of carbonyl (C=O) groups is 1. The predicted octanol–water partition coefficient (Wildman–Crippen LogP) is 3.90. The van der Waals surface area contributed by atoms with E-state index < -0.39 is 0 Å². The Morgan fingerprint density at radius 3 is 2.70 bits per heavy atom. The molecule has 2 heterocycles. The molecule has 0 spiro atoms. The number of rotatable bonds is 6. The van der Waals surface area contributed by atoms with Crippen LogP contribution < -0.4 is 9.64 Å². The van der Waals surface area contributed by atoms with Gasteiger partial charge in [-0.15, -0.1) is 0 Å². The maximum Gasteiger partial charge on any atom is 0.260 e. The van der Waals surface area contributed by atoms with Crippen LogP contribution >= 0.6 is 11.3 Å². The SMILES string of the molecule is COc1cccc(C(=O)N(CCN2CCOCC2)c2nc3c(C)ccc(C)c3s2)c1. The van der Waals surface area contributed by atoms with Crippen molar-refractivity contribution >= 4 is 32.6 Å². The van der Waals surface area contributed by atoms with Crippen molar-refractivity contribution in [2.45, 2.75) is 13.8 Å². The molecule has 1 aliphatic heterocycles. The van der Waals surface area contributed by atoms with Gasteiger partial charge in [0.05, 0.1) is 30.5 Å². The third-order valence-corrected chi connectivity index (χ3v) is 6.68. The molecule has 2 aromatic carbocycles. The molecule has 1 aliphatic rings. The van der Waals surface area contributed by atoms with Gasteiger partial charge in [0.25, 0.3) is 5.91 Å². The largest absolute Gasteiger partial charge is 0.497 e. The molecule has 1 amide bonds. The molecule has 0 unspecified atom stereocenters. The second-order valence-electron chi connectivity index (χ2n) is 7.52. The van der Waals surface area contributed by atoms with Gasteiger partial charge in [-0.2, -0.15) is 0 Å². The van der Waals surface area contributed by atoms with Crippen molar-refractivity contribution in [3.05, 3.63) is 53.1 Å². The van der Waals surface area contributed by atoms with Crippen molar-refractivity contribution < 1.29 is 14.3 Å². The molecule has 7 heteroatoms. The van der Waals surface area contributed by atoms with Crippen molar-refractivity contribution in [2.24, 2.45) is 0 Å². The highest BCUT2D eigenvalue weighted by Crippen LogP contribution is 2.34. The average molecular weight is 426 g/mol. The number of methoxy groups -OCH3 is 1. The predicted molar refractivity (Wildman–Crippen MR) is 121 cm³/mol. The van der Waals surface area contributed by atoms with Crippen LogP contribution in [0.1, 0.15) is 21.5 Å². The van der Waals surface area contributed by atoms with E-state index in [-0.39, 0.29) is 5.91 Å². The maximum atomic E-state index is 13.5. The van der Waals surface area contributed by atoms with Gasteiger partial charge in [0.1, 0.15) is 5.75 Å². The fourth-order valence-electron chi connectivity index (χ4n) is 3.63. The van der Waals surface area contributed by atoms with E-state index in [4.69, 9.17) is 14.5 Å². The van der Waals surface area contributed by atoms with Crippen molar-refractivity contribution in [3.63, 3.8) is 0 Å². The second kappa shape index (κ2) is 9.12. The van der Waals surface area contributed by atoms with Crippen LogP contribution in [0, 0.1) is 13.8 Å². The number of ether oxygens (including phenoxy) is 2. The van der Waals surface area contributed by atoms with Crippen molar-refractivity contribution in [2.75, 3.05) is 51.4 Å². The third-order valence-electron chi connectivity index (χ3n) is 5.47. The molecule has 0 N–H and O–H groups in total. The van der Waals surface area contributed by atoms with E-state index >= 15 is 0 Å². The van der Waals surface area contributed by atoms with Gasteiger partial charge >= 0.3 is 0 Å². The Kier molecular flexibility index (Phi) is 6.32. The van der Waals surface area contributed by atoms with Crippen LogP contribution in [0.2, 0.25) is 0 Å². The minimum absolute atomic E-state index is 0.0588. The first kappa shape index (κ1) is 20.8. The highest BCUT2D eigenvalue weighted by Gasteiger charge is 2.24. The van der Waals surface area contributed by atoms with E-state index in [2.05, 4.69) is 30.9 Å². The number of hydrogen-bond donors (Lipinski definition) is 0. The second-order valence-corrected chi connectivity index (χ2v) is 8.49. The normalized spacial score (nSPS) is 14.8. The van der Waals surface area contributed by atoms with Crippen LogP contribution in [0.15, 0.2) is 36.4 Å². The topological polar surface area (TPSA) is 54.9 Å². The summed E-state index contributed by atoms with van der Waals surface area (Å²) in [6.45, 7) is 8.77. The first-order chi connectivity index (χ1) is 14.6. The van der Waals surface area contributed by atoms with Crippen LogP contribution in [-0.2, 0) is 4.74 Å². The fraction of sp³-hybridized carbons (Fsp3) is 0.391. The highest BCUT2D eigenvalue weighted by atomic mass is 32.1. The van der Waals surface area contributed by atoms with E-state index in [1.807, 2.05) is 23.1 Å². The van der Waals surface area contributed by atoms with E-state index in [0.717, 1.165) is 53.8 Å². The molecule has 0 atom stereocenters. The molecular weight excluding hydrogens is 398 g/mol. The van der Waals surface area contributed by atoms with Crippen LogP contribution in [0.25, 0.3) is 10.2 Å². The molecule has 6 nitrogen and oxygen atoms in total. The standard InChI is InChI=1S/C23H27N3O3S/c1-16-7-8-17(2)21-20(16)24-23(30-21)26(10-9-25-11-13-29-14-12-25)22(27)18-5-4-6-19(15-18)28-3/h4-8,15H,9-14H2,1-3H3. The minimum atomic E-state index is -0.0588. The Labute approximate surface area is 181 Å². The lowest BCUT2D eigenvalue weighted by Crippen LogP contribution is -2.43. The summed E-state index contributed by atoms with van der Waals surface area (Å²) in [5.74, 6) is 0.612. The van der Waals surface area contributed by atoms with Gasteiger partial charge in [0.2, 0.25) is 0 Å². The minimum Gasteiger partial charge on any atom is -0.497 e. The summed E-state index contributed by atoms with van der Waals surface area (Å²) in [7, 11) is 1.61. The van der Waals surface area contributed by atoms with Crippen LogP contribution in [0.3, 0.4) is 0 Å². The maximum absolute atomic E-state index is 13.5. The summed E-state index contributed by atoms with van der Waals surface area (Å²) in [5, 5.41) is 0.739. The first-order valence-electron chi connectivity index (χ1n) is 10.2. The molecule has 30 heavy (non-hydrogen) atoms. The van der Waals surface area contributed by atoms with Gasteiger partial charge in [0, 0.05) is 31.7 Å². The number of benzene rings is 2. The zero-order chi connectivity index (χ0) is 21.1. The Balaban J connectivity index is 1.68. The Bertz CT molecular complexity index is 1000. The zero-order valence-electron chi connectivity index (χ0n) is 17.7. The lowest BCUT2D eigenvalue weighted by molar-refractivity contribution is 0.0391. The Hall–Kier alpha value is -2.48. The van der Waals surface area contributed by atoms with Crippen LogP contribution in [0.5, 0.6) is 5.75 Å². The molecular formula is C23H27N3O3S. The molecule has 0 saturated carbocycles. The molecule has 0 aliphatic carbocycles. The molecule has 1 fully saturated rings. The summed E-state index contributed by atoms with van der Waals surface area (Å²) < 4.78 is 11.9. The van der Waals surface area contributed by atoms with Crippen molar-refractivity contribution in [1.29, 1.82) is 0 Å². The van der Waals surface area contributed by atoms with Gasteiger partial charge in [0.15, 0.2) is 5.13 Å². The third kappa shape index (κ3) is 4.33. The highest BCUT2D eigenvalue weighted by molar-refractivity contribution is 7.22. The van der Waals surface area contributed by atoms with Crippen molar-refractivity contribution in [3.8, 4) is 5.75 Å². The summed E-state index contributed by atoms with van der Waals surface area (Å²) >= 11 is 1.59. The monoisotopic (exact) mass is 425 g/mol. The Morgan fingerprint density at radius 1 is 1.20 bits per heavy atom. The van der Waals surface area contributed by atoms with Crippen molar-refractivity contribution in [1.82, 2.24) is 9.88 Å². The van der Waals surface area contributed by atoms with E-state index in [0.29, 0.717) is 17.9 Å². The van der Waals surface area contributed by atoms with Gasteiger partial charge in [-0.25, -0.2) is 4.98 Å². The number of hydrogen-bond acceptors (Lipinski definition) is 6. The van der Waals surface area contributed by atoms with Gasteiger partial charge in [-0.1, -0.05) is 29.5 Å². The van der Waals surface area contributed by atoms with Crippen LogP contribution in [-0.4, -0.2) is 62.3 Å². The lowest BCUT2D eigenvalue weighted by atomic mass is 10.1. The fourth-order valence-corrected chi connectivity index (χ4v) is 4.76. The van der Waals surface area contributed by atoms with Gasteiger partial charge in [-0.3, -0.25) is 14.6 Å². The van der Waals surface area contributed by atoms with E-state index in [1.165, 1.54) is 5.56 Å². The number of aromatic nitrogens is 1. The lowest BCUT2D eigenvalue weighted by Gasteiger charge is -2.29. The Morgan fingerprint density at radius 2 is 1.97 bits per heavy atom. The van der Waals surface area contributed by atoms with Gasteiger partial charge < -0.3 is 9.47 Å². The molecule has 4 rings (SSSR count). The van der Waals surface area contributed by atoms with Crippen LogP contribution in [0.4, 0.5) is 5.13 Å². The average Bonchev–Trinajstić information content (AvgIpc) is 3.24. The molecule has 158 valence electrons. The summed E-state index contributed by atoms with van der Waals surface area (Å²) in [4.78, 5) is 22.5. The molecule has 1 aromatic heterocycles. The van der Waals surface area contributed by atoms with E-state index in [1.54, 1.807) is 24.5 Å². The number of thiazole rings is 1. The summed E-state index contributed by atoms with van der Waals surface area (Å²) in [6.07, 6.45) is 0. The number of aryl methyl sites for hydroxylation is 2. The number of amides is 1. The first-order valence-corrected chi connectivity index (χ1v) is 11.0. The van der Waals surface area contributed by atoms with Gasteiger partial charge in [-0.05, 0) is 43.2 Å². The summed E-state index contributed by atoms with van der Waals surface area (Å²) in [6, 6.07) is 11.5. The summed E-state index contributed by atoms with van der Waals surface area (Å²) in [5.41, 5.74) is 3.88. The number of morpholine rings is 1. The van der Waals surface area contributed by atoms with E-state index in [9.17, 15) is 4.79 Å². The quantitative estimate of drug-likeness (QED) is 0.600. The zero-order valence-corrected chi connectivity index (χ0v) is 18.5. The number of carbonyl (C=O) groups excluding carboxylic acids is 1. The number of nitrogens with zero attached hydrogens (tertiary/aromatic N) is 3. The number of anilines is 1. The smallest absolute Gasteiger partial charge is 0.260 e. The number of fused-ring (bicyclic) bond motifs is 1. The molecule has 1 saturated heterocycles.